The number of amides is 2. The second-order valence-electron chi connectivity index (χ2n) is 7.55. The maximum atomic E-state index is 12.9. The lowest BCUT2D eigenvalue weighted by Gasteiger charge is -2.38. The first-order valence-electron chi connectivity index (χ1n) is 8.04. The van der Waals surface area contributed by atoms with E-state index in [0.717, 1.165) is 0 Å². The van der Waals surface area contributed by atoms with Gasteiger partial charge in [-0.3, -0.25) is 25.2 Å². The topological polar surface area (TPSA) is 75.3 Å². The molecular weight excluding hydrogens is 311 g/mol. The molecule has 2 N–H and O–H groups in total. The Labute approximate surface area is 140 Å². The van der Waals surface area contributed by atoms with Crippen LogP contribution < -0.4 is 10.9 Å². The summed E-state index contributed by atoms with van der Waals surface area (Å²) in [5.74, 6) is -1.19. The molecule has 2 bridgehead atoms. The van der Waals surface area contributed by atoms with Gasteiger partial charge in [0.1, 0.15) is 11.6 Å². The first kappa shape index (κ1) is 16.6. The third-order valence-electron chi connectivity index (χ3n) is 6.54. The van der Waals surface area contributed by atoms with Gasteiger partial charge in [-0.25, -0.2) is 4.39 Å². The summed E-state index contributed by atoms with van der Waals surface area (Å²) in [5, 5.41) is 0. The lowest BCUT2D eigenvalue weighted by molar-refractivity contribution is -0.137. The number of hydrazine groups is 1. The van der Waals surface area contributed by atoms with Crippen molar-refractivity contribution in [3.8, 4) is 0 Å². The van der Waals surface area contributed by atoms with Crippen molar-refractivity contribution in [2.45, 2.75) is 40.0 Å². The molecule has 128 valence electrons. The fourth-order valence-electron chi connectivity index (χ4n) is 4.27. The van der Waals surface area contributed by atoms with E-state index in [9.17, 15) is 18.8 Å². The van der Waals surface area contributed by atoms with E-state index in [4.69, 9.17) is 0 Å². The molecule has 1 aromatic carbocycles. The Morgan fingerprint density at radius 2 is 1.67 bits per heavy atom. The number of benzene rings is 1. The predicted octanol–water partition coefficient (Wildman–Crippen LogP) is 2.37. The molecule has 0 radical (unpaired) electrons. The van der Waals surface area contributed by atoms with Crippen LogP contribution in [-0.2, 0) is 9.59 Å². The molecule has 0 aliphatic heterocycles. The smallest absolute Gasteiger partial charge is 0.269 e. The van der Waals surface area contributed by atoms with Crippen molar-refractivity contribution in [2.75, 3.05) is 0 Å². The van der Waals surface area contributed by atoms with E-state index >= 15 is 0 Å². The average Bonchev–Trinajstić information content (AvgIpc) is 2.83. The lowest BCUT2D eigenvalue weighted by atomic mass is 9.64. The molecule has 2 aliphatic rings. The highest BCUT2D eigenvalue weighted by Crippen LogP contribution is 2.70. The normalized spacial score (nSPS) is 30.2. The van der Waals surface area contributed by atoms with E-state index < -0.39 is 28.0 Å². The van der Waals surface area contributed by atoms with Crippen LogP contribution in [-0.4, -0.2) is 17.6 Å². The van der Waals surface area contributed by atoms with E-state index in [1.165, 1.54) is 24.3 Å². The van der Waals surface area contributed by atoms with Gasteiger partial charge in [0.05, 0.1) is 5.41 Å². The van der Waals surface area contributed by atoms with Crippen molar-refractivity contribution in [3.05, 3.63) is 35.6 Å². The number of halogens is 1. The highest BCUT2D eigenvalue weighted by atomic mass is 19.1. The van der Waals surface area contributed by atoms with Gasteiger partial charge in [0.25, 0.3) is 5.91 Å². The van der Waals surface area contributed by atoms with E-state index in [-0.39, 0.29) is 23.7 Å². The summed E-state index contributed by atoms with van der Waals surface area (Å²) in [4.78, 5) is 37.2. The minimum absolute atomic E-state index is 0.110. The van der Waals surface area contributed by atoms with Gasteiger partial charge in [0.2, 0.25) is 5.91 Å². The molecule has 24 heavy (non-hydrogen) atoms. The van der Waals surface area contributed by atoms with Crippen LogP contribution in [0.25, 0.3) is 0 Å². The number of carbonyl (C=O) groups excluding carboxylic acids is 3. The average molecular weight is 332 g/mol. The number of carbonyl (C=O) groups is 3. The van der Waals surface area contributed by atoms with E-state index in [1.807, 2.05) is 20.8 Å². The van der Waals surface area contributed by atoms with Gasteiger partial charge < -0.3 is 0 Å². The molecule has 0 spiro atoms. The van der Waals surface area contributed by atoms with E-state index in [2.05, 4.69) is 10.9 Å². The van der Waals surface area contributed by atoms with Crippen LogP contribution in [0.4, 0.5) is 4.39 Å². The van der Waals surface area contributed by atoms with Crippen molar-refractivity contribution < 1.29 is 18.8 Å². The van der Waals surface area contributed by atoms with Crippen LogP contribution in [0.15, 0.2) is 24.3 Å². The molecule has 2 saturated carbocycles. The quantitative estimate of drug-likeness (QED) is 0.817. The van der Waals surface area contributed by atoms with E-state index in [0.29, 0.717) is 12.8 Å². The highest BCUT2D eigenvalue weighted by molar-refractivity contribution is 6.01. The molecule has 1 aromatic rings. The third kappa shape index (κ3) is 2.01. The van der Waals surface area contributed by atoms with Crippen molar-refractivity contribution in [2.24, 2.45) is 16.2 Å². The zero-order valence-electron chi connectivity index (χ0n) is 14.0. The van der Waals surface area contributed by atoms with Crippen molar-refractivity contribution >= 4 is 17.6 Å². The fraction of sp³-hybridized carbons (Fsp3) is 0.500. The maximum Gasteiger partial charge on any atom is 0.269 e. The molecule has 0 aromatic heterocycles. The molecule has 2 atom stereocenters. The first-order valence-corrected chi connectivity index (χ1v) is 8.04. The Balaban J connectivity index is 1.73. The van der Waals surface area contributed by atoms with Crippen LogP contribution in [0.1, 0.15) is 50.4 Å². The predicted molar refractivity (Wildman–Crippen MR) is 85.2 cm³/mol. The second-order valence-corrected chi connectivity index (χ2v) is 7.55. The summed E-state index contributed by atoms with van der Waals surface area (Å²) in [6.07, 6.45) is 1.51. The SMILES string of the molecule is CC12CCC(C(=O)NNC(=O)c3ccc(F)cc3)(CC1=O)C2(C)C. The van der Waals surface area contributed by atoms with Crippen molar-refractivity contribution in [3.63, 3.8) is 0 Å². The Morgan fingerprint density at radius 1 is 1.04 bits per heavy atom. The minimum Gasteiger partial charge on any atom is -0.299 e. The molecular formula is C18H21FN2O3. The van der Waals surface area contributed by atoms with Gasteiger partial charge in [-0.05, 0) is 42.5 Å². The Morgan fingerprint density at radius 3 is 2.17 bits per heavy atom. The molecule has 2 unspecified atom stereocenters. The summed E-state index contributed by atoms with van der Waals surface area (Å²) < 4.78 is 12.9. The van der Waals surface area contributed by atoms with Crippen molar-refractivity contribution in [1.29, 1.82) is 0 Å². The maximum absolute atomic E-state index is 12.9. The number of Topliss-reactive ketones (excluding diaryl/α,β-unsaturated/α-hetero) is 1. The largest absolute Gasteiger partial charge is 0.299 e. The lowest BCUT2D eigenvalue weighted by Crippen LogP contribution is -2.52. The molecule has 2 aliphatic carbocycles. The van der Waals surface area contributed by atoms with Gasteiger partial charge in [-0.1, -0.05) is 20.8 Å². The molecule has 0 saturated heterocycles. The van der Waals surface area contributed by atoms with Gasteiger partial charge >= 0.3 is 0 Å². The monoisotopic (exact) mass is 332 g/mol. The zero-order valence-corrected chi connectivity index (χ0v) is 14.0. The Hall–Kier alpha value is -2.24. The number of hydrogen-bond donors (Lipinski definition) is 2. The summed E-state index contributed by atoms with van der Waals surface area (Å²) in [6, 6.07) is 5.03. The van der Waals surface area contributed by atoms with Crippen LogP contribution in [0, 0.1) is 22.1 Å². The first-order chi connectivity index (χ1) is 11.1. The molecule has 2 fully saturated rings. The van der Waals surface area contributed by atoms with Gasteiger partial charge in [0.15, 0.2) is 0 Å². The summed E-state index contributed by atoms with van der Waals surface area (Å²) in [6.45, 7) is 5.83. The minimum atomic E-state index is -0.797. The molecule has 3 rings (SSSR count). The van der Waals surface area contributed by atoms with Gasteiger partial charge in [-0.2, -0.15) is 0 Å². The van der Waals surface area contributed by atoms with Crippen molar-refractivity contribution in [1.82, 2.24) is 10.9 Å². The molecule has 0 heterocycles. The number of hydrogen-bond acceptors (Lipinski definition) is 3. The molecule has 6 heteroatoms. The fourth-order valence-corrected chi connectivity index (χ4v) is 4.27. The second kappa shape index (κ2) is 5.13. The van der Waals surface area contributed by atoms with Crippen LogP contribution in [0.2, 0.25) is 0 Å². The number of fused-ring (bicyclic) bond motifs is 2. The molecule has 2 amide bonds. The summed E-state index contributed by atoms with van der Waals surface area (Å²) >= 11 is 0. The van der Waals surface area contributed by atoms with Gasteiger partial charge in [-0.15, -0.1) is 0 Å². The van der Waals surface area contributed by atoms with Crippen LogP contribution in [0.5, 0.6) is 0 Å². The number of ketones is 1. The third-order valence-corrected chi connectivity index (χ3v) is 6.54. The summed E-state index contributed by atoms with van der Waals surface area (Å²) in [7, 11) is 0. The van der Waals surface area contributed by atoms with Gasteiger partial charge in [0, 0.05) is 17.4 Å². The van der Waals surface area contributed by atoms with E-state index in [1.54, 1.807) is 0 Å². The van der Waals surface area contributed by atoms with Crippen LogP contribution >= 0.6 is 0 Å². The molecule has 5 nitrogen and oxygen atoms in total. The Bertz CT molecular complexity index is 728. The highest BCUT2D eigenvalue weighted by Gasteiger charge is 2.72. The number of nitrogens with one attached hydrogen (secondary N) is 2. The zero-order chi connectivity index (χ0) is 17.8. The number of rotatable bonds is 2. The Kier molecular flexibility index (Phi) is 3.55. The van der Waals surface area contributed by atoms with Crippen LogP contribution in [0.3, 0.4) is 0 Å². The standard InChI is InChI=1S/C18H21FN2O3/c1-16(2)17(3)8-9-18(16,10-13(17)22)15(24)21-20-14(23)11-4-6-12(19)7-5-11/h4-7H,8-10H2,1-3H3,(H,20,23)(H,21,24). The summed E-state index contributed by atoms with van der Waals surface area (Å²) in [5.41, 5.74) is 3.31.